The second kappa shape index (κ2) is 5.06. The van der Waals surface area contributed by atoms with Gasteiger partial charge in [-0.05, 0) is 29.3 Å². The predicted molar refractivity (Wildman–Crippen MR) is 74.7 cm³/mol. The van der Waals surface area contributed by atoms with Gasteiger partial charge in [0.15, 0.2) is 11.9 Å². The molecule has 0 saturated heterocycles. The molecule has 0 fully saturated rings. The van der Waals surface area contributed by atoms with Crippen molar-refractivity contribution in [2.24, 2.45) is 0 Å². The van der Waals surface area contributed by atoms with E-state index in [1.165, 1.54) is 0 Å². The van der Waals surface area contributed by atoms with Crippen molar-refractivity contribution in [1.82, 2.24) is 0 Å². The van der Waals surface area contributed by atoms with Gasteiger partial charge in [0.05, 0.1) is 0 Å². The Morgan fingerprint density at radius 1 is 1.21 bits per heavy atom. The standard InChI is InChI=1S/C16H13ClO2/c17-13-6-3-4-11(8-13)9-14(18)16-10-12-5-1-2-7-15(12)19-16/h1-8,16H,9-10H2. The first-order chi connectivity index (χ1) is 9.22. The Hall–Kier alpha value is -1.80. The van der Waals surface area contributed by atoms with Crippen LogP contribution in [-0.2, 0) is 17.6 Å². The molecule has 0 bridgehead atoms. The molecule has 1 unspecified atom stereocenters. The summed E-state index contributed by atoms with van der Waals surface area (Å²) < 4.78 is 5.69. The maximum atomic E-state index is 12.2. The Morgan fingerprint density at radius 2 is 2.05 bits per heavy atom. The van der Waals surface area contributed by atoms with Crippen molar-refractivity contribution in [2.75, 3.05) is 0 Å². The first kappa shape index (κ1) is 12.2. The van der Waals surface area contributed by atoms with Gasteiger partial charge in [-0.2, -0.15) is 0 Å². The van der Waals surface area contributed by atoms with Crippen LogP contribution in [0.25, 0.3) is 0 Å². The molecule has 0 aliphatic carbocycles. The zero-order valence-electron chi connectivity index (χ0n) is 10.3. The van der Waals surface area contributed by atoms with Crippen LogP contribution >= 0.6 is 11.6 Å². The lowest BCUT2D eigenvalue weighted by molar-refractivity contribution is -0.124. The Kier molecular flexibility index (Phi) is 3.26. The molecule has 0 aromatic heterocycles. The number of ether oxygens (including phenoxy) is 1. The minimum atomic E-state index is -0.364. The summed E-state index contributed by atoms with van der Waals surface area (Å²) in [4.78, 5) is 12.2. The molecule has 1 aliphatic rings. The summed E-state index contributed by atoms with van der Waals surface area (Å²) >= 11 is 5.92. The fourth-order valence-electron chi connectivity index (χ4n) is 2.32. The summed E-state index contributed by atoms with van der Waals surface area (Å²) in [6.45, 7) is 0. The van der Waals surface area contributed by atoms with Crippen LogP contribution in [0.1, 0.15) is 11.1 Å². The number of para-hydroxylation sites is 1. The molecule has 96 valence electrons. The highest BCUT2D eigenvalue weighted by Crippen LogP contribution is 2.29. The number of rotatable bonds is 3. The van der Waals surface area contributed by atoms with Crippen molar-refractivity contribution in [2.45, 2.75) is 18.9 Å². The van der Waals surface area contributed by atoms with Crippen molar-refractivity contribution in [3.63, 3.8) is 0 Å². The third-order valence-electron chi connectivity index (χ3n) is 3.27. The molecular formula is C16H13ClO2. The zero-order chi connectivity index (χ0) is 13.2. The number of carbonyl (C=O) groups is 1. The monoisotopic (exact) mass is 272 g/mol. The Morgan fingerprint density at radius 3 is 2.84 bits per heavy atom. The average Bonchev–Trinajstić information content (AvgIpc) is 2.82. The second-order valence-corrected chi connectivity index (χ2v) is 5.13. The van der Waals surface area contributed by atoms with Crippen LogP contribution in [-0.4, -0.2) is 11.9 Å². The molecule has 2 nitrogen and oxygen atoms in total. The smallest absolute Gasteiger partial charge is 0.177 e. The molecule has 2 aromatic rings. The summed E-state index contributed by atoms with van der Waals surface area (Å²) in [7, 11) is 0. The Labute approximate surface area is 117 Å². The average molecular weight is 273 g/mol. The van der Waals surface area contributed by atoms with E-state index in [0.717, 1.165) is 16.9 Å². The molecule has 3 heteroatoms. The van der Waals surface area contributed by atoms with Gasteiger partial charge in [-0.15, -0.1) is 0 Å². The van der Waals surface area contributed by atoms with Gasteiger partial charge >= 0.3 is 0 Å². The molecule has 1 heterocycles. The van der Waals surface area contributed by atoms with E-state index in [4.69, 9.17) is 16.3 Å². The maximum Gasteiger partial charge on any atom is 0.177 e. The molecule has 2 aromatic carbocycles. The van der Waals surface area contributed by atoms with Gasteiger partial charge in [-0.25, -0.2) is 0 Å². The van der Waals surface area contributed by atoms with Crippen LogP contribution in [0.2, 0.25) is 5.02 Å². The third kappa shape index (κ3) is 2.64. The number of Topliss-reactive ketones (excluding diaryl/α,β-unsaturated/α-hetero) is 1. The molecule has 3 rings (SSSR count). The molecule has 0 saturated carbocycles. The van der Waals surface area contributed by atoms with Gasteiger partial charge in [-0.3, -0.25) is 4.79 Å². The molecule has 1 atom stereocenters. The summed E-state index contributed by atoms with van der Waals surface area (Å²) in [6, 6.07) is 15.2. The molecule has 0 amide bonds. The van der Waals surface area contributed by atoms with Gasteiger partial charge < -0.3 is 4.74 Å². The summed E-state index contributed by atoms with van der Waals surface area (Å²) in [6.07, 6.45) is 0.658. The molecule has 0 radical (unpaired) electrons. The van der Waals surface area contributed by atoms with Crippen LogP contribution in [0.15, 0.2) is 48.5 Å². The number of halogens is 1. The molecule has 19 heavy (non-hydrogen) atoms. The molecule has 0 N–H and O–H groups in total. The van der Waals surface area contributed by atoms with E-state index in [-0.39, 0.29) is 11.9 Å². The van der Waals surface area contributed by atoms with Crippen molar-refractivity contribution in [3.8, 4) is 5.75 Å². The fourth-order valence-corrected chi connectivity index (χ4v) is 2.54. The van der Waals surface area contributed by atoms with E-state index in [2.05, 4.69) is 0 Å². The number of fused-ring (bicyclic) bond motifs is 1. The van der Waals surface area contributed by atoms with E-state index in [9.17, 15) is 4.79 Å². The topological polar surface area (TPSA) is 26.3 Å². The molecular weight excluding hydrogens is 260 g/mol. The highest BCUT2D eigenvalue weighted by Gasteiger charge is 2.28. The quantitative estimate of drug-likeness (QED) is 0.855. The van der Waals surface area contributed by atoms with E-state index in [0.29, 0.717) is 17.9 Å². The first-order valence-corrected chi connectivity index (χ1v) is 6.62. The lowest BCUT2D eigenvalue weighted by atomic mass is 10.0. The highest BCUT2D eigenvalue weighted by atomic mass is 35.5. The van der Waals surface area contributed by atoms with Crippen molar-refractivity contribution >= 4 is 17.4 Å². The number of hydrogen-bond donors (Lipinski definition) is 0. The van der Waals surface area contributed by atoms with Crippen LogP contribution in [0, 0.1) is 0 Å². The van der Waals surface area contributed by atoms with Gasteiger partial charge in [0.25, 0.3) is 0 Å². The normalized spacial score (nSPS) is 16.8. The first-order valence-electron chi connectivity index (χ1n) is 6.24. The lowest BCUT2D eigenvalue weighted by Crippen LogP contribution is -2.26. The molecule has 0 spiro atoms. The number of benzene rings is 2. The second-order valence-electron chi connectivity index (χ2n) is 4.69. The van der Waals surface area contributed by atoms with Gasteiger partial charge in [0.2, 0.25) is 0 Å². The highest BCUT2D eigenvalue weighted by molar-refractivity contribution is 6.30. The maximum absolute atomic E-state index is 12.2. The van der Waals surface area contributed by atoms with Crippen molar-refractivity contribution < 1.29 is 9.53 Å². The summed E-state index contributed by atoms with van der Waals surface area (Å²) in [5.74, 6) is 0.922. The zero-order valence-corrected chi connectivity index (χ0v) is 11.1. The number of hydrogen-bond acceptors (Lipinski definition) is 2. The van der Waals surface area contributed by atoms with Crippen LogP contribution < -0.4 is 4.74 Å². The van der Waals surface area contributed by atoms with E-state index in [1.54, 1.807) is 6.07 Å². The number of carbonyl (C=O) groups excluding carboxylic acids is 1. The number of ketones is 1. The largest absolute Gasteiger partial charge is 0.482 e. The lowest BCUT2D eigenvalue weighted by Gasteiger charge is -2.09. The molecule has 1 aliphatic heterocycles. The Balaban J connectivity index is 1.70. The summed E-state index contributed by atoms with van der Waals surface area (Å²) in [5, 5.41) is 0.654. The van der Waals surface area contributed by atoms with Crippen molar-refractivity contribution in [3.05, 3.63) is 64.7 Å². The Bertz CT molecular complexity index is 597. The fraction of sp³-hybridized carbons (Fsp3) is 0.188. The predicted octanol–water partition coefficient (Wildman–Crippen LogP) is 3.46. The minimum Gasteiger partial charge on any atom is -0.482 e. The van der Waals surface area contributed by atoms with E-state index < -0.39 is 0 Å². The SMILES string of the molecule is O=C(Cc1cccc(Cl)c1)C1Cc2ccccc2O1. The van der Waals surface area contributed by atoms with E-state index >= 15 is 0 Å². The van der Waals surface area contributed by atoms with Crippen LogP contribution in [0.5, 0.6) is 5.75 Å². The minimum absolute atomic E-state index is 0.0958. The van der Waals surface area contributed by atoms with E-state index in [1.807, 2.05) is 42.5 Å². The summed E-state index contributed by atoms with van der Waals surface area (Å²) in [5.41, 5.74) is 2.03. The van der Waals surface area contributed by atoms with Crippen LogP contribution in [0.3, 0.4) is 0 Å². The van der Waals surface area contributed by atoms with Crippen LogP contribution in [0.4, 0.5) is 0 Å². The van der Waals surface area contributed by atoms with Crippen molar-refractivity contribution in [1.29, 1.82) is 0 Å². The van der Waals surface area contributed by atoms with Gasteiger partial charge in [-0.1, -0.05) is 41.9 Å². The third-order valence-corrected chi connectivity index (χ3v) is 3.51. The van der Waals surface area contributed by atoms with Gasteiger partial charge in [0, 0.05) is 17.9 Å². The van der Waals surface area contributed by atoms with Gasteiger partial charge in [0.1, 0.15) is 5.75 Å².